The van der Waals surface area contributed by atoms with Gasteiger partial charge in [-0.3, -0.25) is 4.79 Å². The molecule has 0 atom stereocenters. The van der Waals surface area contributed by atoms with Gasteiger partial charge >= 0.3 is 0 Å². The molecule has 2 aromatic rings. The summed E-state index contributed by atoms with van der Waals surface area (Å²) in [5, 5.41) is 7.05. The van der Waals surface area contributed by atoms with Gasteiger partial charge in [0.05, 0.1) is 11.6 Å². The molecule has 0 saturated heterocycles. The third kappa shape index (κ3) is 5.43. The van der Waals surface area contributed by atoms with E-state index in [0.29, 0.717) is 34.6 Å². The summed E-state index contributed by atoms with van der Waals surface area (Å²) in [4.78, 5) is 11.0. The van der Waals surface area contributed by atoms with Crippen LogP contribution in [0.15, 0.2) is 48.5 Å². The van der Waals surface area contributed by atoms with Crippen molar-refractivity contribution in [2.75, 3.05) is 18.5 Å². The molecule has 7 heteroatoms. The Balaban J connectivity index is 1.73. The zero-order chi connectivity index (χ0) is 16.7. The lowest BCUT2D eigenvalue weighted by atomic mass is 10.2. The number of ether oxygens (including phenoxy) is 1. The topological polar surface area (TPSA) is 76.4 Å². The number of rotatable bonds is 6. The lowest BCUT2D eigenvalue weighted by Gasteiger charge is -2.12. The Morgan fingerprint density at radius 3 is 2.52 bits per heavy atom. The number of hydrogen-bond acceptors (Lipinski definition) is 3. The smallest absolute Gasteiger partial charge is 0.248 e. The van der Waals surface area contributed by atoms with Gasteiger partial charge in [0, 0.05) is 11.3 Å². The molecule has 5 nitrogen and oxygen atoms in total. The third-order valence-corrected chi connectivity index (χ3v) is 3.47. The maximum Gasteiger partial charge on any atom is 0.248 e. The highest BCUT2D eigenvalue weighted by Crippen LogP contribution is 2.22. The number of nitrogens with two attached hydrogens (primary N) is 1. The van der Waals surface area contributed by atoms with Gasteiger partial charge in [0.2, 0.25) is 5.91 Å². The fourth-order valence-electron chi connectivity index (χ4n) is 1.78. The van der Waals surface area contributed by atoms with Crippen molar-refractivity contribution in [1.29, 1.82) is 0 Å². The molecule has 23 heavy (non-hydrogen) atoms. The number of anilines is 1. The second-order valence-corrected chi connectivity index (χ2v) is 5.42. The summed E-state index contributed by atoms with van der Waals surface area (Å²) < 4.78 is 5.55. The van der Waals surface area contributed by atoms with Gasteiger partial charge in [0.25, 0.3) is 0 Å². The molecule has 0 radical (unpaired) electrons. The van der Waals surface area contributed by atoms with Crippen LogP contribution in [0.3, 0.4) is 0 Å². The van der Waals surface area contributed by atoms with Gasteiger partial charge in [0.15, 0.2) is 5.11 Å². The number of amides is 1. The summed E-state index contributed by atoms with van der Waals surface area (Å²) >= 11 is 11.2. The van der Waals surface area contributed by atoms with Crippen LogP contribution >= 0.6 is 23.8 Å². The maximum atomic E-state index is 11.0. The molecule has 0 aliphatic heterocycles. The van der Waals surface area contributed by atoms with Crippen LogP contribution in [0.2, 0.25) is 5.02 Å². The van der Waals surface area contributed by atoms with Gasteiger partial charge in [-0.2, -0.15) is 0 Å². The summed E-state index contributed by atoms with van der Waals surface area (Å²) in [5.74, 6) is 0.172. The molecule has 0 heterocycles. The first-order valence-electron chi connectivity index (χ1n) is 6.88. The summed E-state index contributed by atoms with van der Waals surface area (Å²) in [7, 11) is 0. The summed E-state index contributed by atoms with van der Waals surface area (Å²) in [6.07, 6.45) is 0. The predicted octanol–water partition coefficient (Wildman–Crippen LogP) is 2.80. The van der Waals surface area contributed by atoms with Gasteiger partial charge in [-0.1, -0.05) is 23.7 Å². The van der Waals surface area contributed by atoms with E-state index < -0.39 is 5.91 Å². The van der Waals surface area contributed by atoms with Crippen molar-refractivity contribution < 1.29 is 9.53 Å². The van der Waals surface area contributed by atoms with Crippen LogP contribution in [0.4, 0.5) is 5.69 Å². The molecule has 1 amide bonds. The van der Waals surface area contributed by atoms with Crippen molar-refractivity contribution in [2.45, 2.75) is 0 Å². The molecule has 2 aromatic carbocycles. The molecule has 0 aromatic heterocycles. The lowest BCUT2D eigenvalue weighted by Crippen LogP contribution is -2.32. The van der Waals surface area contributed by atoms with Gasteiger partial charge in [-0.05, 0) is 48.6 Å². The Morgan fingerprint density at radius 1 is 1.17 bits per heavy atom. The molecule has 0 unspecified atom stereocenters. The highest BCUT2D eigenvalue weighted by molar-refractivity contribution is 7.80. The van der Waals surface area contributed by atoms with E-state index in [0.717, 1.165) is 5.69 Å². The maximum absolute atomic E-state index is 11.0. The normalized spacial score (nSPS) is 9.96. The first-order valence-corrected chi connectivity index (χ1v) is 7.67. The third-order valence-electron chi connectivity index (χ3n) is 2.91. The van der Waals surface area contributed by atoms with Crippen LogP contribution in [0.25, 0.3) is 0 Å². The number of carbonyl (C=O) groups excluding carboxylic acids is 1. The average molecular weight is 350 g/mol. The van der Waals surface area contributed by atoms with Crippen molar-refractivity contribution in [2.24, 2.45) is 5.73 Å². The number of hydrogen-bond donors (Lipinski definition) is 3. The number of benzene rings is 2. The van der Waals surface area contributed by atoms with Crippen molar-refractivity contribution in [3.05, 3.63) is 59.1 Å². The second kappa shape index (κ2) is 8.36. The van der Waals surface area contributed by atoms with E-state index in [1.165, 1.54) is 0 Å². The molecule has 0 bridgehead atoms. The minimum atomic E-state index is -0.464. The highest BCUT2D eigenvalue weighted by Gasteiger charge is 2.02. The minimum Gasteiger partial charge on any atom is -0.490 e. The van der Waals surface area contributed by atoms with Crippen LogP contribution in [0, 0.1) is 0 Å². The first kappa shape index (κ1) is 17.1. The number of halogens is 1. The Morgan fingerprint density at radius 2 is 1.87 bits per heavy atom. The van der Waals surface area contributed by atoms with E-state index in [4.69, 9.17) is 34.3 Å². The molecule has 0 spiro atoms. The average Bonchev–Trinajstić information content (AvgIpc) is 2.53. The first-order chi connectivity index (χ1) is 11.1. The summed E-state index contributed by atoms with van der Waals surface area (Å²) in [6, 6.07) is 14.0. The zero-order valence-electron chi connectivity index (χ0n) is 12.2. The quantitative estimate of drug-likeness (QED) is 0.552. The largest absolute Gasteiger partial charge is 0.490 e. The van der Waals surface area contributed by atoms with Crippen LogP contribution in [0.5, 0.6) is 5.75 Å². The summed E-state index contributed by atoms with van der Waals surface area (Å²) in [6.45, 7) is 0.947. The van der Waals surface area contributed by atoms with Gasteiger partial charge in [-0.25, -0.2) is 0 Å². The lowest BCUT2D eigenvalue weighted by molar-refractivity contribution is 0.100. The molecule has 0 aliphatic carbocycles. The molecule has 0 fully saturated rings. The Kier molecular flexibility index (Phi) is 6.19. The SMILES string of the molecule is NC(=O)c1ccc(NC(=S)NCCOc2ccccc2Cl)cc1. The second-order valence-electron chi connectivity index (χ2n) is 4.60. The Bertz CT molecular complexity index is 692. The van der Waals surface area contributed by atoms with E-state index in [1.54, 1.807) is 36.4 Å². The molecular weight excluding hydrogens is 334 g/mol. The summed E-state index contributed by atoms with van der Waals surface area (Å²) in [5.41, 5.74) is 6.39. The molecule has 0 aliphatic rings. The van der Waals surface area contributed by atoms with E-state index in [9.17, 15) is 4.79 Å². The van der Waals surface area contributed by atoms with Gasteiger partial charge in [0.1, 0.15) is 12.4 Å². The fourth-order valence-corrected chi connectivity index (χ4v) is 2.19. The number of carbonyl (C=O) groups is 1. The molecule has 2 rings (SSSR count). The van der Waals surface area contributed by atoms with E-state index in [-0.39, 0.29) is 0 Å². The minimum absolute atomic E-state index is 0.423. The van der Waals surface area contributed by atoms with Gasteiger partial charge < -0.3 is 21.1 Å². The van der Waals surface area contributed by atoms with Gasteiger partial charge in [-0.15, -0.1) is 0 Å². The molecular formula is C16H16ClN3O2S. The zero-order valence-corrected chi connectivity index (χ0v) is 13.8. The van der Waals surface area contributed by atoms with E-state index in [1.807, 2.05) is 12.1 Å². The predicted molar refractivity (Wildman–Crippen MR) is 96.1 cm³/mol. The van der Waals surface area contributed by atoms with Crippen LogP contribution in [-0.2, 0) is 0 Å². The van der Waals surface area contributed by atoms with Crippen LogP contribution in [0.1, 0.15) is 10.4 Å². The Hall–Kier alpha value is -2.31. The molecule has 0 saturated carbocycles. The number of thiocarbonyl (C=S) groups is 1. The van der Waals surface area contributed by atoms with Crippen molar-refractivity contribution in [3.63, 3.8) is 0 Å². The Labute approximate surface area is 144 Å². The fraction of sp³-hybridized carbons (Fsp3) is 0.125. The standard InChI is InChI=1S/C16H16ClN3O2S/c17-13-3-1-2-4-14(13)22-10-9-19-16(23)20-12-7-5-11(6-8-12)15(18)21/h1-8H,9-10H2,(H2,18,21)(H2,19,20,23). The highest BCUT2D eigenvalue weighted by atomic mass is 35.5. The van der Waals surface area contributed by atoms with Crippen molar-refractivity contribution in [3.8, 4) is 5.75 Å². The number of para-hydroxylation sites is 1. The van der Waals surface area contributed by atoms with Crippen LogP contribution < -0.4 is 21.1 Å². The number of nitrogens with one attached hydrogen (secondary N) is 2. The monoisotopic (exact) mass is 349 g/mol. The molecule has 4 N–H and O–H groups in total. The van der Waals surface area contributed by atoms with E-state index in [2.05, 4.69) is 10.6 Å². The van der Waals surface area contributed by atoms with Crippen molar-refractivity contribution in [1.82, 2.24) is 5.32 Å². The number of primary amides is 1. The van der Waals surface area contributed by atoms with E-state index >= 15 is 0 Å². The van der Waals surface area contributed by atoms with Crippen LogP contribution in [-0.4, -0.2) is 24.2 Å². The van der Waals surface area contributed by atoms with Crippen molar-refractivity contribution >= 4 is 40.5 Å². The molecule has 120 valence electrons.